The first-order chi connectivity index (χ1) is 7.13. The van der Waals surface area contributed by atoms with Crippen LogP contribution in [0.3, 0.4) is 0 Å². The molecule has 2 bridgehead atoms. The minimum atomic E-state index is -4.44. The summed E-state index contributed by atoms with van der Waals surface area (Å²) in [5.74, 6) is 0. The summed E-state index contributed by atoms with van der Waals surface area (Å²) in [6.45, 7) is 0. The fourth-order valence-electron chi connectivity index (χ4n) is 1.61. The minimum absolute atomic E-state index is 0.278. The summed E-state index contributed by atoms with van der Waals surface area (Å²) in [5.41, 5.74) is 0. The van der Waals surface area contributed by atoms with E-state index in [0.29, 0.717) is 0 Å². The molecule has 0 N–H and O–H groups in total. The first-order valence-corrected chi connectivity index (χ1v) is 14.6. The van der Waals surface area contributed by atoms with Crippen molar-refractivity contribution in [3.05, 3.63) is 23.1 Å². The van der Waals surface area contributed by atoms with E-state index < -0.39 is 42.5 Å². The Hall–Kier alpha value is 0.238. The third-order valence-electron chi connectivity index (χ3n) is 2.28. The predicted octanol–water partition coefficient (Wildman–Crippen LogP) is -0.322. The van der Waals surface area contributed by atoms with E-state index in [0.717, 1.165) is 0 Å². The first-order valence-electron chi connectivity index (χ1n) is 4.30. The molecule has 0 unspecified atom stereocenters. The predicted molar refractivity (Wildman–Crippen MR) is 52.4 cm³/mol. The molecule has 6 fully saturated rings. The molecule has 6 saturated heterocycles. The Morgan fingerprint density at radius 2 is 1.93 bits per heavy atom. The van der Waals surface area contributed by atoms with E-state index in [4.69, 9.17) is 13.8 Å². The number of carbonyl (C=O) groups is 1. The third kappa shape index (κ3) is 0.997. The first kappa shape index (κ1) is 9.29. The van der Waals surface area contributed by atoms with Gasteiger partial charge in [-0.25, -0.2) is 0 Å². The molecular formula is C6H5GeO6SbSi. The molecule has 0 saturated carbocycles. The monoisotopic (exact) mass is 396 g/mol. The van der Waals surface area contributed by atoms with E-state index in [9.17, 15) is 4.79 Å². The van der Waals surface area contributed by atoms with Gasteiger partial charge in [-0.1, -0.05) is 0 Å². The van der Waals surface area contributed by atoms with E-state index in [1.165, 1.54) is 0 Å². The van der Waals surface area contributed by atoms with Gasteiger partial charge in [-0.3, -0.25) is 0 Å². The number of carbonyl (C=O) groups excluding carboxylic acids is 1. The van der Waals surface area contributed by atoms with Gasteiger partial charge in [0, 0.05) is 0 Å². The molecule has 7 rings (SSSR count). The zero-order chi connectivity index (χ0) is 10.2. The van der Waals surface area contributed by atoms with Gasteiger partial charge in [0.05, 0.1) is 0 Å². The van der Waals surface area contributed by atoms with Gasteiger partial charge in [-0.2, -0.15) is 0 Å². The van der Waals surface area contributed by atoms with Gasteiger partial charge in [0.2, 0.25) is 0 Å². The molecule has 0 aromatic carbocycles. The van der Waals surface area contributed by atoms with E-state index >= 15 is 0 Å². The summed E-state index contributed by atoms with van der Waals surface area (Å²) in [6, 6.07) is 0. The van der Waals surface area contributed by atoms with Crippen LogP contribution in [0.2, 0.25) is 0 Å². The average Bonchev–Trinajstić information content (AvgIpc) is 2.09. The molecule has 0 aliphatic carbocycles. The number of allylic oxidation sites excluding steroid dienone is 3. The Labute approximate surface area is 93.4 Å². The van der Waals surface area contributed by atoms with E-state index in [-0.39, 0.29) is 4.80 Å². The number of hydrogen-bond acceptors (Lipinski definition) is 6. The molecule has 0 radical (unpaired) electrons. The van der Waals surface area contributed by atoms with Crippen LogP contribution in [-0.2, 0) is 13.8 Å². The summed E-state index contributed by atoms with van der Waals surface area (Å²) >= 11 is -6.52. The zero-order valence-corrected chi connectivity index (χ0v) is 12.9. The second-order valence-corrected chi connectivity index (χ2v) is 20.3. The molecule has 6 nitrogen and oxygen atoms in total. The van der Waals surface area contributed by atoms with Crippen LogP contribution >= 0.6 is 0 Å². The second-order valence-electron chi connectivity index (χ2n) is 3.36. The van der Waals surface area contributed by atoms with Crippen LogP contribution < -0.4 is 0 Å². The summed E-state index contributed by atoms with van der Waals surface area (Å²) < 4.78 is 26.2. The summed E-state index contributed by atoms with van der Waals surface area (Å²) in [6.07, 6.45) is 5.58. The Morgan fingerprint density at radius 3 is 2.40 bits per heavy atom. The van der Waals surface area contributed by atoms with Crippen molar-refractivity contribution in [1.82, 2.24) is 0 Å². The SMILES string of the molecule is O=[C]([O][Sb]123[O][Si]([O]1)([O]2)[O]3)[Ge]1=[CH]C=CC=[CH]1. The maximum atomic E-state index is 11.7. The van der Waals surface area contributed by atoms with E-state index in [1.54, 1.807) is 0 Å². The van der Waals surface area contributed by atoms with Crippen LogP contribution in [-0.4, -0.2) is 52.1 Å². The van der Waals surface area contributed by atoms with Crippen molar-refractivity contribution in [3.8, 4) is 0 Å². The van der Waals surface area contributed by atoms with Crippen molar-refractivity contribution < 1.29 is 18.6 Å². The molecule has 7 aliphatic rings. The van der Waals surface area contributed by atoms with Crippen LogP contribution in [0.1, 0.15) is 0 Å². The molecule has 15 heavy (non-hydrogen) atoms. The molecule has 78 valence electrons. The van der Waals surface area contributed by atoms with E-state index in [1.807, 2.05) is 28.0 Å². The van der Waals surface area contributed by atoms with Gasteiger partial charge in [0.15, 0.2) is 0 Å². The summed E-state index contributed by atoms with van der Waals surface area (Å²) in [5, 5.41) is 0. The molecule has 0 aromatic rings. The molecule has 9 heteroatoms. The van der Waals surface area contributed by atoms with Crippen molar-refractivity contribution in [2.75, 3.05) is 0 Å². The van der Waals surface area contributed by atoms with Crippen molar-refractivity contribution in [2.24, 2.45) is 0 Å². The molecule has 0 atom stereocenters. The van der Waals surface area contributed by atoms with Crippen LogP contribution in [0.4, 0.5) is 4.79 Å². The molecule has 7 aliphatic heterocycles. The number of rotatable bonds is 2. The molecular weight excluding hydrogens is 391 g/mol. The summed E-state index contributed by atoms with van der Waals surface area (Å²) in [4.78, 5) is 15.2. The Kier molecular flexibility index (Phi) is 1.49. The van der Waals surface area contributed by atoms with Crippen molar-refractivity contribution in [2.45, 2.75) is 0 Å². The van der Waals surface area contributed by atoms with E-state index in [2.05, 4.69) is 0 Å². The molecule has 0 amide bonds. The standard InChI is InChI=1S/C6H6GeO2.O4Si.Sb/c8-6(9)7-4-2-1-3-5-7;1-5(2,3)4;/h1-5H,(H,8,9);;/q;-4;+5/p-1. The molecule has 0 spiro atoms. The van der Waals surface area contributed by atoms with Gasteiger partial charge in [0.1, 0.15) is 0 Å². The van der Waals surface area contributed by atoms with Crippen molar-refractivity contribution >= 4 is 52.1 Å². The van der Waals surface area contributed by atoms with Crippen LogP contribution in [0.25, 0.3) is 0 Å². The third-order valence-corrected chi connectivity index (χ3v) is 28.2. The fraction of sp³-hybridized carbons (Fsp3) is 0. The van der Waals surface area contributed by atoms with Crippen LogP contribution in [0, 0.1) is 0 Å². The van der Waals surface area contributed by atoms with Gasteiger partial charge in [-0.15, -0.1) is 0 Å². The quantitative estimate of drug-likeness (QED) is 0.597. The second kappa shape index (κ2) is 2.40. The van der Waals surface area contributed by atoms with Gasteiger partial charge in [0.25, 0.3) is 0 Å². The van der Waals surface area contributed by atoms with Crippen LogP contribution in [0.5, 0.6) is 0 Å². The van der Waals surface area contributed by atoms with Gasteiger partial charge in [-0.05, 0) is 0 Å². The summed E-state index contributed by atoms with van der Waals surface area (Å²) in [7, 11) is -2.57. The maximum absolute atomic E-state index is 11.7. The van der Waals surface area contributed by atoms with Crippen molar-refractivity contribution in [3.63, 3.8) is 0 Å². The average molecular weight is 396 g/mol. The normalized spacial score (nSPS) is 42.1. The Bertz CT molecular complexity index is 457. The number of hydrogen-bond donors (Lipinski definition) is 0. The van der Waals surface area contributed by atoms with Gasteiger partial charge < -0.3 is 0 Å². The molecule has 7 heterocycles. The van der Waals surface area contributed by atoms with Gasteiger partial charge >= 0.3 is 93.9 Å². The zero-order valence-electron chi connectivity index (χ0n) is 7.28. The Morgan fingerprint density at radius 1 is 1.20 bits per heavy atom. The van der Waals surface area contributed by atoms with Crippen molar-refractivity contribution in [1.29, 1.82) is 0 Å². The fourth-order valence-corrected chi connectivity index (χ4v) is 24.6. The Balaban J connectivity index is 1.55. The molecule has 0 aromatic heterocycles. The topological polar surface area (TPSA) is 63.2 Å². The van der Waals surface area contributed by atoms with Crippen LogP contribution in [0.15, 0.2) is 23.1 Å².